The number of fused-ring (bicyclic) bond motifs is 1. The summed E-state index contributed by atoms with van der Waals surface area (Å²) in [5.41, 5.74) is 1.63. The maximum Gasteiger partial charge on any atom is 0.416 e. The Hall–Kier alpha value is -2.29. The van der Waals surface area contributed by atoms with Gasteiger partial charge in [0.05, 0.1) is 18.2 Å². The van der Waals surface area contributed by atoms with Crippen molar-refractivity contribution in [2.24, 2.45) is 11.8 Å². The number of aliphatic hydroxyl groups excluding tert-OH is 1. The Bertz CT molecular complexity index is 1140. The van der Waals surface area contributed by atoms with Crippen LogP contribution in [0.25, 0.3) is 10.9 Å². The molecular weight excluding hydrogens is 485 g/mol. The first-order valence-electron chi connectivity index (χ1n) is 12.4. The molecule has 3 aromatic rings. The molecule has 1 N–H and O–H groups in total. The molecule has 1 saturated heterocycles. The summed E-state index contributed by atoms with van der Waals surface area (Å²) in [6.45, 7) is 2.76. The van der Waals surface area contributed by atoms with Crippen molar-refractivity contribution in [1.29, 1.82) is 0 Å². The number of alkyl halides is 3. The van der Waals surface area contributed by atoms with E-state index in [1.54, 1.807) is 13.2 Å². The zero-order valence-corrected chi connectivity index (χ0v) is 21.3. The molecule has 0 unspecified atom stereocenters. The Morgan fingerprint density at radius 2 is 2.00 bits per heavy atom. The van der Waals surface area contributed by atoms with Crippen molar-refractivity contribution in [3.05, 3.63) is 65.9 Å². The number of aryl methyl sites for hydroxylation is 1. The van der Waals surface area contributed by atoms with Crippen LogP contribution in [-0.2, 0) is 12.6 Å². The van der Waals surface area contributed by atoms with E-state index in [9.17, 15) is 18.3 Å². The van der Waals surface area contributed by atoms with Crippen LogP contribution in [0.3, 0.4) is 0 Å². The number of thioether (sulfide) groups is 1. The van der Waals surface area contributed by atoms with Crippen LogP contribution in [0.4, 0.5) is 13.2 Å². The highest BCUT2D eigenvalue weighted by Crippen LogP contribution is 2.33. The third kappa shape index (κ3) is 6.93. The van der Waals surface area contributed by atoms with Gasteiger partial charge in [0.2, 0.25) is 0 Å². The molecule has 2 heterocycles. The molecule has 4 nitrogen and oxygen atoms in total. The van der Waals surface area contributed by atoms with Gasteiger partial charge in [0, 0.05) is 41.9 Å². The van der Waals surface area contributed by atoms with Crippen LogP contribution < -0.4 is 4.74 Å². The van der Waals surface area contributed by atoms with E-state index in [2.05, 4.69) is 16.0 Å². The molecule has 0 saturated carbocycles. The maximum absolute atomic E-state index is 12.9. The minimum atomic E-state index is -4.32. The normalized spacial score (nSPS) is 19.0. The van der Waals surface area contributed by atoms with Gasteiger partial charge < -0.3 is 14.7 Å². The number of piperidine rings is 1. The van der Waals surface area contributed by atoms with E-state index in [4.69, 9.17) is 4.74 Å². The number of nitrogens with zero attached hydrogens (tertiary/aromatic N) is 2. The Labute approximate surface area is 214 Å². The fourth-order valence-corrected chi connectivity index (χ4v) is 6.05. The van der Waals surface area contributed by atoms with Crippen LogP contribution >= 0.6 is 11.8 Å². The summed E-state index contributed by atoms with van der Waals surface area (Å²) >= 11 is 1.45. The highest BCUT2D eigenvalue weighted by Gasteiger charge is 2.31. The van der Waals surface area contributed by atoms with Crippen molar-refractivity contribution in [1.82, 2.24) is 9.88 Å². The average molecular weight is 519 g/mol. The van der Waals surface area contributed by atoms with Gasteiger partial charge in [0.25, 0.3) is 0 Å². The van der Waals surface area contributed by atoms with E-state index in [1.165, 1.54) is 29.5 Å². The van der Waals surface area contributed by atoms with Crippen LogP contribution in [0.2, 0.25) is 0 Å². The Balaban J connectivity index is 1.25. The van der Waals surface area contributed by atoms with Gasteiger partial charge in [0.15, 0.2) is 0 Å². The van der Waals surface area contributed by atoms with Crippen molar-refractivity contribution in [3.8, 4) is 5.75 Å². The van der Waals surface area contributed by atoms with E-state index < -0.39 is 11.7 Å². The third-order valence-electron chi connectivity index (χ3n) is 7.11. The standard InChI is InChI=1S/C28H33F3N2O2S/c1-35-24-8-9-27-26(17-24)21(10-12-32-27)5-2-4-20-11-13-33(18-22(20)19-34)14-15-36-25-7-3-6-23(16-25)28(29,30)31/h3,6-10,12,16-17,20,22,34H,2,4-5,11,13-15,18-19H2,1H3/t20-,22-/m1/s1. The van der Waals surface area contributed by atoms with Gasteiger partial charge >= 0.3 is 6.18 Å². The van der Waals surface area contributed by atoms with Crippen LogP contribution in [0, 0.1) is 11.8 Å². The maximum atomic E-state index is 12.9. The molecule has 1 aliphatic heterocycles. The fraction of sp³-hybridized carbons (Fsp3) is 0.464. The molecule has 1 fully saturated rings. The average Bonchev–Trinajstić information content (AvgIpc) is 2.88. The lowest BCUT2D eigenvalue weighted by Crippen LogP contribution is -2.42. The molecule has 0 radical (unpaired) electrons. The Kier molecular flexibility index (Phi) is 9.14. The number of likely N-dealkylation sites (tertiary alicyclic amines) is 1. The number of hydrogen-bond donors (Lipinski definition) is 1. The van der Waals surface area contributed by atoms with Crippen LogP contribution in [0.15, 0.2) is 59.6 Å². The van der Waals surface area contributed by atoms with Gasteiger partial charge in [-0.1, -0.05) is 6.07 Å². The lowest BCUT2D eigenvalue weighted by molar-refractivity contribution is -0.137. The summed E-state index contributed by atoms with van der Waals surface area (Å²) in [5, 5.41) is 11.2. The summed E-state index contributed by atoms with van der Waals surface area (Å²) in [6.07, 6.45) is 1.64. The highest BCUT2D eigenvalue weighted by molar-refractivity contribution is 7.99. The van der Waals surface area contributed by atoms with E-state index in [1.807, 2.05) is 24.4 Å². The molecular formula is C28H33F3N2O2S. The van der Waals surface area contributed by atoms with E-state index in [0.717, 1.165) is 73.8 Å². The predicted molar refractivity (Wildman–Crippen MR) is 139 cm³/mol. The second-order valence-electron chi connectivity index (χ2n) is 9.41. The third-order valence-corrected chi connectivity index (χ3v) is 8.08. The largest absolute Gasteiger partial charge is 0.497 e. The first-order valence-corrected chi connectivity index (χ1v) is 13.4. The molecule has 8 heteroatoms. The molecule has 1 aromatic heterocycles. The van der Waals surface area contributed by atoms with Gasteiger partial charge in [-0.3, -0.25) is 4.98 Å². The zero-order chi connectivity index (χ0) is 25.5. The molecule has 0 amide bonds. The Morgan fingerprint density at radius 3 is 2.78 bits per heavy atom. The van der Waals surface area contributed by atoms with Gasteiger partial charge in [0.1, 0.15) is 5.75 Å². The van der Waals surface area contributed by atoms with Gasteiger partial charge in [-0.15, -0.1) is 11.8 Å². The SMILES string of the molecule is COc1ccc2nccc(CCC[C@@H]3CCN(CCSc4cccc(C(F)(F)F)c4)C[C@@H]3CO)c2c1. The van der Waals surface area contributed by atoms with E-state index in [-0.39, 0.29) is 12.5 Å². The topological polar surface area (TPSA) is 45.6 Å². The second kappa shape index (κ2) is 12.3. The van der Waals surface area contributed by atoms with Crippen molar-refractivity contribution in [3.63, 3.8) is 0 Å². The molecule has 0 spiro atoms. The minimum absolute atomic E-state index is 0.164. The van der Waals surface area contributed by atoms with Crippen LogP contribution in [-0.4, -0.2) is 54.1 Å². The zero-order valence-electron chi connectivity index (χ0n) is 20.5. The number of halogens is 3. The van der Waals surface area contributed by atoms with Gasteiger partial charge in [-0.05, 0) is 92.1 Å². The molecule has 36 heavy (non-hydrogen) atoms. The van der Waals surface area contributed by atoms with Crippen molar-refractivity contribution in [2.75, 3.05) is 39.1 Å². The molecule has 0 aliphatic carbocycles. The summed E-state index contributed by atoms with van der Waals surface area (Å²) in [5.74, 6) is 2.26. The quantitative estimate of drug-likeness (QED) is 0.319. The molecule has 4 rings (SSSR count). The lowest BCUT2D eigenvalue weighted by Gasteiger charge is -2.38. The van der Waals surface area contributed by atoms with Crippen molar-refractivity contribution < 1.29 is 23.0 Å². The number of methoxy groups -OCH3 is 1. The van der Waals surface area contributed by atoms with Gasteiger partial charge in [-0.25, -0.2) is 0 Å². The number of aromatic nitrogens is 1. The van der Waals surface area contributed by atoms with Crippen molar-refractivity contribution in [2.45, 2.75) is 36.8 Å². The summed E-state index contributed by atoms with van der Waals surface area (Å²) in [6, 6.07) is 13.6. The minimum Gasteiger partial charge on any atom is -0.497 e. The number of aliphatic hydroxyl groups is 1. The number of rotatable bonds is 10. The molecule has 2 aromatic carbocycles. The first kappa shape index (κ1) is 26.8. The summed E-state index contributed by atoms with van der Waals surface area (Å²) in [7, 11) is 1.67. The van der Waals surface area contributed by atoms with Crippen LogP contribution in [0.5, 0.6) is 5.75 Å². The summed E-state index contributed by atoms with van der Waals surface area (Å²) < 4.78 is 44.2. The molecule has 0 bridgehead atoms. The van der Waals surface area contributed by atoms with Gasteiger partial charge in [-0.2, -0.15) is 13.2 Å². The first-order chi connectivity index (χ1) is 17.4. The highest BCUT2D eigenvalue weighted by atomic mass is 32.2. The molecule has 194 valence electrons. The lowest BCUT2D eigenvalue weighted by atomic mass is 9.82. The number of benzene rings is 2. The summed E-state index contributed by atoms with van der Waals surface area (Å²) in [4.78, 5) is 7.43. The predicted octanol–water partition coefficient (Wildman–Crippen LogP) is 6.31. The fourth-order valence-electron chi connectivity index (χ4n) is 5.08. The monoisotopic (exact) mass is 518 g/mol. The number of ether oxygens (including phenoxy) is 1. The van der Waals surface area contributed by atoms with E-state index in [0.29, 0.717) is 10.8 Å². The number of pyridine rings is 1. The smallest absolute Gasteiger partial charge is 0.416 e. The van der Waals surface area contributed by atoms with Crippen molar-refractivity contribution >= 4 is 22.7 Å². The Morgan fingerprint density at radius 1 is 1.14 bits per heavy atom. The van der Waals surface area contributed by atoms with E-state index >= 15 is 0 Å². The van der Waals surface area contributed by atoms with Crippen LogP contribution in [0.1, 0.15) is 30.4 Å². The molecule has 1 aliphatic rings. The second-order valence-corrected chi connectivity index (χ2v) is 10.6. The number of hydrogen-bond acceptors (Lipinski definition) is 5. The molecule has 2 atom stereocenters.